The Morgan fingerprint density at radius 2 is 2.00 bits per heavy atom. The maximum Gasteiger partial charge on any atom is 0.220 e. The first kappa shape index (κ1) is 21.9. The van der Waals surface area contributed by atoms with E-state index < -0.39 is 5.25 Å². The van der Waals surface area contributed by atoms with Crippen LogP contribution in [-0.2, 0) is 0 Å². The predicted octanol–water partition coefficient (Wildman–Crippen LogP) is 4.77. The van der Waals surface area contributed by atoms with Crippen molar-refractivity contribution in [3.05, 3.63) is 74.0 Å². The Morgan fingerprint density at radius 3 is 2.67 bits per heavy atom. The smallest absolute Gasteiger partial charge is 0.220 e. The van der Waals surface area contributed by atoms with Gasteiger partial charge in [-0.2, -0.15) is 0 Å². The van der Waals surface area contributed by atoms with Crippen LogP contribution >= 0.6 is 27.7 Å². The molecule has 7 nitrogen and oxygen atoms in total. The van der Waals surface area contributed by atoms with Crippen LogP contribution in [-0.4, -0.2) is 32.8 Å². The van der Waals surface area contributed by atoms with Crippen LogP contribution < -0.4 is 4.74 Å². The molecule has 1 heterocycles. The Hall–Kier alpha value is -2.83. The fraction of sp³-hybridized carbons (Fsp3) is 0.238. The molecule has 0 fully saturated rings. The highest BCUT2D eigenvalue weighted by molar-refractivity contribution is 9.10. The minimum Gasteiger partial charge on any atom is -0.481 e. The van der Waals surface area contributed by atoms with Gasteiger partial charge in [-0.1, -0.05) is 51.3 Å². The van der Waals surface area contributed by atoms with E-state index in [1.165, 1.54) is 11.8 Å². The number of nitro groups is 1. The Bertz CT molecular complexity index is 1090. The molecule has 0 saturated heterocycles. The van der Waals surface area contributed by atoms with Gasteiger partial charge in [0.2, 0.25) is 6.54 Å². The number of aryl methyl sites for hydroxylation is 2. The fourth-order valence-corrected chi connectivity index (χ4v) is 4.47. The molecule has 3 rings (SSSR count). The standard InChI is InChI=1S/C21H19BrN4O3S/c1-4-11-29-19-10-7-16(22)12-18(19)20(13-25(27)28)30-21-24-23-15(3)26(21)17-8-5-14(2)6-9-17/h1,5-10,12,20H,11,13H2,2-3H3/t20-/m0/s1. The molecule has 0 aliphatic heterocycles. The number of halogens is 1. The zero-order valence-corrected chi connectivity index (χ0v) is 18.8. The molecule has 9 heteroatoms. The Kier molecular flexibility index (Phi) is 7.13. The van der Waals surface area contributed by atoms with E-state index in [2.05, 4.69) is 32.0 Å². The molecular weight excluding hydrogens is 468 g/mol. The van der Waals surface area contributed by atoms with Crippen LogP contribution in [0.25, 0.3) is 5.69 Å². The third-order valence-electron chi connectivity index (χ3n) is 4.28. The number of hydrogen-bond acceptors (Lipinski definition) is 6. The monoisotopic (exact) mass is 486 g/mol. The molecule has 0 aliphatic carbocycles. The summed E-state index contributed by atoms with van der Waals surface area (Å²) < 4.78 is 8.31. The summed E-state index contributed by atoms with van der Waals surface area (Å²) in [6.45, 7) is 3.62. The van der Waals surface area contributed by atoms with E-state index in [1.807, 2.05) is 54.8 Å². The SMILES string of the molecule is C#CCOc1ccc(Br)cc1[C@H](C[N+](=O)[O-])Sc1nnc(C)n1-c1ccc(C)cc1. The quantitative estimate of drug-likeness (QED) is 0.197. The Morgan fingerprint density at radius 1 is 1.27 bits per heavy atom. The maximum atomic E-state index is 11.4. The lowest BCUT2D eigenvalue weighted by Gasteiger charge is -2.17. The Labute approximate surface area is 187 Å². The number of nitrogens with zero attached hydrogens (tertiary/aromatic N) is 4. The zero-order chi connectivity index (χ0) is 21.7. The first-order valence-corrected chi connectivity index (χ1v) is 10.7. The molecule has 154 valence electrons. The molecule has 2 aromatic carbocycles. The summed E-state index contributed by atoms with van der Waals surface area (Å²) in [5.41, 5.74) is 2.69. The largest absolute Gasteiger partial charge is 0.481 e. The number of hydrogen-bond donors (Lipinski definition) is 0. The summed E-state index contributed by atoms with van der Waals surface area (Å²) in [6.07, 6.45) is 5.32. The van der Waals surface area contributed by atoms with E-state index in [4.69, 9.17) is 11.2 Å². The van der Waals surface area contributed by atoms with Crippen molar-refractivity contribution in [1.29, 1.82) is 0 Å². The molecule has 30 heavy (non-hydrogen) atoms. The lowest BCUT2D eigenvalue weighted by atomic mass is 10.1. The summed E-state index contributed by atoms with van der Waals surface area (Å²) in [7, 11) is 0. The highest BCUT2D eigenvalue weighted by Crippen LogP contribution is 2.41. The van der Waals surface area contributed by atoms with Gasteiger partial charge in [0.05, 0.1) is 0 Å². The van der Waals surface area contributed by atoms with Crippen LogP contribution in [0.15, 0.2) is 52.1 Å². The number of benzene rings is 2. The zero-order valence-electron chi connectivity index (χ0n) is 16.4. The van der Waals surface area contributed by atoms with E-state index in [0.29, 0.717) is 22.3 Å². The molecule has 0 bridgehead atoms. The van der Waals surface area contributed by atoms with Crippen molar-refractivity contribution in [3.8, 4) is 23.8 Å². The topological polar surface area (TPSA) is 83.1 Å². The molecule has 0 unspecified atom stereocenters. The van der Waals surface area contributed by atoms with Crippen molar-refractivity contribution in [2.45, 2.75) is 24.3 Å². The van der Waals surface area contributed by atoms with Gasteiger partial charge in [-0.25, -0.2) is 0 Å². The van der Waals surface area contributed by atoms with Crippen molar-refractivity contribution in [2.75, 3.05) is 13.2 Å². The van der Waals surface area contributed by atoms with Crippen molar-refractivity contribution < 1.29 is 9.66 Å². The molecule has 3 aromatic rings. The Balaban J connectivity index is 2.02. The molecule has 0 saturated carbocycles. The van der Waals surface area contributed by atoms with Crippen LogP contribution in [0, 0.1) is 36.3 Å². The second kappa shape index (κ2) is 9.78. The van der Waals surface area contributed by atoms with E-state index in [9.17, 15) is 10.1 Å². The van der Waals surface area contributed by atoms with Gasteiger partial charge in [0.15, 0.2) is 5.16 Å². The number of rotatable bonds is 8. The number of terminal acetylenes is 1. The lowest BCUT2D eigenvalue weighted by molar-refractivity contribution is -0.479. The van der Waals surface area contributed by atoms with Gasteiger partial charge >= 0.3 is 0 Å². The molecule has 0 amide bonds. The molecule has 0 spiro atoms. The maximum absolute atomic E-state index is 11.4. The molecule has 1 atom stereocenters. The van der Waals surface area contributed by atoms with E-state index >= 15 is 0 Å². The van der Waals surface area contributed by atoms with Crippen LogP contribution in [0.4, 0.5) is 0 Å². The van der Waals surface area contributed by atoms with Crippen LogP contribution in [0.1, 0.15) is 22.2 Å². The van der Waals surface area contributed by atoms with Crippen molar-refractivity contribution in [2.24, 2.45) is 0 Å². The fourth-order valence-electron chi connectivity index (χ4n) is 2.89. The summed E-state index contributed by atoms with van der Waals surface area (Å²) >= 11 is 4.71. The third kappa shape index (κ3) is 5.20. The summed E-state index contributed by atoms with van der Waals surface area (Å²) in [6, 6.07) is 13.3. The van der Waals surface area contributed by atoms with Crippen LogP contribution in [0.2, 0.25) is 0 Å². The van der Waals surface area contributed by atoms with Crippen LogP contribution in [0.5, 0.6) is 5.75 Å². The van der Waals surface area contributed by atoms with E-state index in [0.717, 1.165) is 15.7 Å². The van der Waals surface area contributed by atoms with E-state index in [-0.39, 0.29) is 18.1 Å². The van der Waals surface area contributed by atoms with Crippen molar-refractivity contribution in [3.63, 3.8) is 0 Å². The van der Waals surface area contributed by atoms with Gasteiger partial charge in [-0.3, -0.25) is 14.7 Å². The average Bonchev–Trinajstić information content (AvgIpc) is 3.07. The van der Waals surface area contributed by atoms with Gasteiger partial charge in [0.1, 0.15) is 23.4 Å². The minimum atomic E-state index is -0.557. The molecule has 1 aromatic heterocycles. The third-order valence-corrected chi connectivity index (χ3v) is 5.94. The second-order valence-electron chi connectivity index (χ2n) is 6.50. The molecule has 0 aliphatic rings. The molecule has 0 radical (unpaired) electrons. The first-order valence-electron chi connectivity index (χ1n) is 9.02. The summed E-state index contributed by atoms with van der Waals surface area (Å²) in [4.78, 5) is 11.1. The number of ether oxygens (including phenoxy) is 1. The number of aromatic nitrogens is 3. The van der Waals surface area contributed by atoms with Crippen molar-refractivity contribution in [1.82, 2.24) is 14.8 Å². The van der Waals surface area contributed by atoms with E-state index in [1.54, 1.807) is 6.07 Å². The van der Waals surface area contributed by atoms with Gasteiger partial charge in [-0.15, -0.1) is 16.6 Å². The minimum absolute atomic E-state index is 0.0726. The predicted molar refractivity (Wildman–Crippen MR) is 120 cm³/mol. The molecular formula is C21H19BrN4O3S. The summed E-state index contributed by atoms with van der Waals surface area (Å²) in [5.74, 6) is 3.63. The lowest BCUT2D eigenvalue weighted by Crippen LogP contribution is -2.13. The van der Waals surface area contributed by atoms with Gasteiger partial charge < -0.3 is 4.74 Å². The second-order valence-corrected chi connectivity index (χ2v) is 8.58. The normalized spacial score (nSPS) is 11.7. The highest BCUT2D eigenvalue weighted by atomic mass is 79.9. The molecule has 0 N–H and O–H groups in total. The first-order chi connectivity index (χ1) is 14.4. The van der Waals surface area contributed by atoms with Gasteiger partial charge in [-0.05, 0) is 44.2 Å². The van der Waals surface area contributed by atoms with Crippen molar-refractivity contribution >= 4 is 27.7 Å². The average molecular weight is 487 g/mol. The van der Waals surface area contributed by atoms with Crippen LogP contribution in [0.3, 0.4) is 0 Å². The summed E-state index contributed by atoms with van der Waals surface area (Å²) in [5, 5.41) is 19.9. The number of thioether (sulfide) groups is 1. The van der Waals surface area contributed by atoms with Gasteiger partial charge in [0.25, 0.3) is 0 Å². The van der Waals surface area contributed by atoms with Gasteiger partial charge in [0, 0.05) is 20.6 Å². The highest BCUT2D eigenvalue weighted by Gasteiger charge is 2.27.